The predicted octanol–water partition coefficient (Wildman–Crippen LogP) is 8.20. The average Bonchev–Trinajstić information content (AvgIpc) is 3.74. The minimum absolute atomic E-state index is 0.0133. The number of ether oxygens (including phenoxy) is 3. The van der Waals surface area contributed by atoms with E-state index in [0.717, 1.165) is 23.3 Å². The van der Waals surface area contributed by atoms with Crippen LogP contribution >= 0.6 is 0 Å². The highest BCUT2D eigenvalue weighted by molar-refractivity contribution is 6.06. The summed E-state index contributed by atoms with van der Waals surface area (Å²) in [6, 6.07) is 8.68. The predicted molar refractivity (Wildman–Crippen MR) is 160 cm³/mol. The van der Waals surface area contributed by atoms with E-state index < -0.39 is 102 Å². The van der Waals surface area contributed by atoms with Crippen molar-refractivity contribution >= 4 is 17.9 Å². The third-order valence-electron chi connectivity index (χ3n) is 9.54. The number of nitrogens with zero attached hydrogens (tertiary/aromatic N) is 1. The van der Waals surface area contributed by atoms with E-state index in [0.29, 0.717) is 5.56 Å². The zero-order valence-electron chi connectivity index (χ0n) is 27.8. The first kappa shape index (κ1) is 42.1. The largest absolute Gasteiger partial charge is 0.502 e. The Labute approximate surface area is 294 Å². The van der Waals surface area contributed by atoms with E-state index >= 15 is 8.78 Å². The van der Waals surface area contributed by atoms with Gasteiger partial charge in [-0.15, -0.1) is 0 Å². The molecule has 1 aromatic carbocycles. The molecule has 0 N–H and O–H groups in total. The van der Waals surface area contributed by atoms with Crippen molar-refractivity contribution in [2.45, 2.75) is 67.8 Å². The number of fused-ring (bicyclic) bond motifs is 1. The Morgan fingerprint density at radius 2 is 1.32 bits per heavy atom. The third kappa shape index (κ3) is 7.43. The number of benzene rings is 1. The Morgan fingerprint density at radius 3 is 1.87 bits per heavy atom. The number of amides is 2. The third-order valence-corrected chi connectivity index (χ3v) is 9.54. The fourth-order valence-electron chi connectivity index (χ4n) is 6.75. The molecule has 2 amide bonds. The summed E-state index contributed by atoms with van der Waals surface area (Å²) in [5.41, 5.74) is 0.700. The van der Waals surface area contributed by atoms with Crippen LogP contribution in [0.15, 0.2) is 60.9 Å². The topological polar surface area (TPSA) is 65.1 Å². The van der Waals surface area contributed by atoms with Crippen molar-refractivity contribution < 1.29 is 80.9 Å². The maximum Gasteiger partial charge on any atom is 0.460 e. The summed E-state index contributed by atoms with van der Waals surface area (Å²) in [6.45, 7) is 1.18. The number of methoxy groups -OCH3 is 1. The van der Waals surface area contributed by atoms with E-state index in [4.69, 9.17) is 14.2 Å². The zero-order chi connectivity index (χ0) is 39.8. The molecule has 0 bridgehead atoms. The summed E-state index contributed by atoms with van der Waals surface area (Å²) in [6.07, 6.45) is -4.62. The van der Waals surface area contributed by atoms with Gasteiger partial charge in [-0.2, -0.15) is 57.1 Å². The lowest BCUT2D eigenvalue weighted by atomic mass is 9.82. The zero-order valence-corrected chi connectivity index (χ0v) is 27.8. The van der Waals surface area contributed by atoms with Crippen molar-refractivity contribution in [2.24, 2.45) is 29.6 Å². The Hall–Kier alpha value is -3.61. The van der Waals surface area contributed by atoms with Gasteiger partial charge in [0.25, 0.3) is 0 Å². The van der Waals surface area contributed by atoms with Crippen LogP contribution in [0.5, 0.6) is 0 Å². The minimum Gasteiger partial charge on any atom is -0.502 e. The molecule has 0 radical (unpaired) electrons. The first-order valence-electron chi connectivity index (χ1n) is 16.1. The maximum atomic E-state index is 15.5. The number of hydrogen-bond donors (Lipinski definition) is 0. The fourth-order valence-corrected chi connectivity index (χ4v) is 6.75. The number of carbonyl (C=O) groups is 2. The highest BCUT2D eigenvalue weighted by Gasteiger charge is 2.91. The molecule has 0 spiro atoms. The summed E-state index contributed by atoms with van der Waals surface area (Å²) >= 11 is 0. The summed E-state index contributed by atoms with van der Waals surface area (Å²) in [5, 5.41) is 0. The lowest BCUT2D eigenvalue weighted by Crippen LogP contribution is -2.71. The minimum atomic E-state index is -8.01. The van der Waals surface area contributed by atoms with Gasteiger partial charge in [-0.05, 0) is 43.2 Å². The highest BCUT2D eigenvalue weighted by atomic mass is 19.4. The van der Waals surface area contributed by atoms with Gasteiger partial charge in [0.05, 0.1) is 50.1 Å². The molecule has 2 aliphatic heterocycles. The second-order valence-corrected chi connectivity index (χ2v) is 12.8. The van der Waals surface area contributed by atoms with Crippen LogP contribution in [0.1, 0.15) is 25.3 Å². The molecular formula is C34H34F13NO5. The molecule has 6 nitrogen and oxygen atoms in total. The smallest absolute Gasteiger partial charge is 0.460 e. The molecular weight excluding hydrogens is 749 g/mol. The summed E-state index contributed by atoms with van der Waals surface area (Å²) in [5.74, 6) is -47.2. The van der Waals surface area contributed by atoms with Crippen LogP contribution in [0.25, 0.3) is 6.08 Å². The van der Waals surface area contributed by atoms with Crippen LogP contribution in [0.3, 0.4) is 0 Å². The van der Waals surface area contributed by atoms with Crippen molar-refractivity contribution in [1.29, 1.82) is 0 Å². The first-order valence-corrected chi connectivity index (χ1v) is 16.1. The molecule has 7 atom stereocenters. The first-order chi connectivity index (χ1) is 24.5. The van der Waals surface area contributed by atoms with E-state index in [2.05, 4.69) is 0 Å². The lowest BCUT2D eigenvalue weighted by Gasteiger charge is -2.42. The van der Waals surface area contributed by atoms with Gasteiger partial charge in [-0.1, -0.05) is 54.6 Å². The molecule has 5 unspecified atom stereocenters. The fraction of sp³-hybridized carbons (Fsp3) is 0.588. The van der Waals surface area contributed by atoms with Crippen LogP contribution in [0, 0.1) is 29.6 Å². The number of allylic oxidation sites excluding steroid dienone is 2. The van der Waals surface area contributed by atoms with Gasteiger partial charge in [0.1, 0.15) is 0 Å². The van der Waals surface area contributed by atoms with Crippen LogP contribution in [-0.2, 0) is 23.8 Å². The Kier molecular flexibility index (Phi) is 12.1. The molecule has 1 saturated carbocycles. The van der Waals surface area contributed by atoms with Crippen molar-refractivity contribution in [3.05, 3.63) is 66.5 Å². The number of likely N-dealkylation sites (tertiary alicyclic amines) is 1. The van der Waals surface area contributed by atoms with E-state index in [-0.39, 0.29) is 19.8 Å². The van der Waals surface area contributed by atoms with Gasteiger partial charge < -0.3 is 14.2 Å². The number of alkyl halides is 13. The molecule has 4 rings (SSSR count). The second kappa shape index (κ2) is 15.3. The monoisotopic (exact) mass is 783 g/mol. The molecule has 2 saturated heterocycles. The van der Waals surface area contributed by atoms with E-state index in [1.165, 1.54) is 26.2 Å². The van der Waals surface area contributed by atoms with Crippen molar-refractivity contribution in [3.8, 4) is 0 Å². The van der Waals surface area contributed by atoms with Gasteiger partial charge in [-0.3, -0.25) is 14.5 Å². The molecule has 19 heteroatoms. The molecule has 0 aromatic heterocycles. The van der Waals surface area contributed by atoms with Crippen LogP contribution in [0.4, 0.5) is 57.1 Å². The number of imide groups is 1. The Balaban J connectivity index is 1.65. The van der Waals surface area contributed by atoms with Gasteiger partial charge in [0.2, 0.25) is 11.8 Å². The van der Waals surface area contributed by atoms with E-state index in [9.17, 15) is 57.9 Å². The van der Waals surface area contributed by atoms with Crippen molar-refractivity contribution in [3.63, 3.8) is 0 Å². The highest BCUT2D eigenvalue weighted by Crippen LogP contribution is 2.63. The van der Waals surface area contributed by atoms with Gasteiger partial charge in [0.15, 0.2) is 0 Å². The normalized spacial score (nSPS) is 28.0. The Morgan fingerprint density at radius 1 is 0.755 bits per heavy atom. The lowest BCUT2D eigenvalue weighted by molar-refractivity contribution is -0.443. The number of hydrogen-bond acceptors (Lipinski definition) is 5. The van der Waals surface area contributed by atoms with Crippen LogP contribution < -0.4 is 0 Å². The number of rotatable bonds is 15. The molecule has 53 heavy (non-hydrogen) atoms. The average molecular weight is 784 g/mol. The van der Waals surface area contributed by atoms with Gasteiger partial charge in [0, 0.05) is 13.0 Å². The van der Waals surface area contributed by atoms with Gasteiger partial charge >= 0.3 is 35.8 Å². The SMILES string of the molecule is CCO/C=C\C1CC(/C=C/C2OC(/C=C\c3ccccc3)[C@@H]3C(=O)N(CCOC)C(=O)[C@H]23)CC1C(F)(F)C(F)(F)C(F)(F)C(F)(F)C(F)(F)C(F)(F)F. The summed E-state index contributed by atoms with van der Waals surface area (Å²) in [7, 11) is 1.33. The number of carbonyl (C=O) groups excluding carboxylic acids is 2. The summed E-state index contributed by atoms with van der Waals surface area (Å²) < 4.78 is 198. The second-order valence-electron chi connectivity index (χ2n) is 12.8. The quantitative estimate of drug-likeness (QED) is 0.0778. The van der Waals surface area contributed by atoms with Gasteiger partial charge in [-0.25, -0.2) is 0 Å². The molecule has 2 heterocycles. The molecule has 296 valence electrons. The van der Waals surface area contributed by atoms with Crippen molar-refractivity contribution in [1.82, 2.24) is 4.90 Å². The summed E-state index contributed by atoms with van der Waals surface area (Å²) in [4.78, 5) is 27.7. The Bertz CT molecular complexity index is 1550. The maximum absolute atomic E-state index is 15.5. The van der Waals surface area contributed by atoms with Crippen LogP contribution in [-0.4, -0.2) is 91.6 Å². The van der Waals surface area contributed by atoms with Crippen molar-refractivity contribution in [2.75, 3.05) is 26.9 Å². The molecule has 1 aliphatic carbocycles. The molecule has 1 aromatic rings. The standard InChI is InChI=1S/C34H34F13NO5/c1-3-52-15-13-21-17-20(18-22(21)29(35,36)30(37,38)31(39,40)32(41,42)33(43,44)34(45,46)47)10-12-24-26-25(27(49)48(28(26)50)14-16-51-2)23(53-24)11-9-19-7-5-4-6-8-19/h4-13,15,20-26H,3,14,16-18H2,1-2H3/b11-9-,12-10+,15-13-/t20?,21?,22?,23?,24?,25-,26+/m0/s1. The van der Waals surface area contributed by atoms with E-state index in [1.807, 2.05) is 0 Å². The molecule has 3 aliphatic rings. The molecule has 3 fully saturated rings. The number of halogens is 13. The van der Waals surface area contributed by atoms with E-state index in [1.54, 1.807) is 36.4 Å². The van der Waals surface area contributed by atoms with Crippen LogP contribution in [0.2, 0.25) is 0 Å².